The Labute approximate surface area is 222 Å². The van der Waals surface area contributed by atoms with E-state index in [0.29, 0.717) is 11.6 Å². The first-order chi connectivity index (χ1) is 16.1. The molecule has 0 aromatic heterocycles. The smallest absolute Gasteiger partial charge is 0.251 e. The zero-order valence-corrected chi connectivity index (χ0v) is 23.1. The lowest BCUT2D eigenvalue weighted by atomic mass is 9.94. The van der Waals surface area contributed by atoms with E-state index in [-0.39, 0.29) is 29.9 Å². The van der Waals surface area contributed by atoms with Crippen molar-refractivity contribution in [1.29, 1.82) is 0 Å². The minimum atomic E-state index is -0.0601. The van der Waals surface area contributed by atoms with Crippen LogP contribution in [0.15, 0.2) is 53.5 Å². The van der Waals surface area contributed by atoms with Crippen LogP contribution in [-0.4, -0.2) is 50.5 Å². The zero-order chi connectivity index (χ0) is 23.5. The third-order valence-electron chi connectivity index (χ3n) is 6.53. The van der Waals surface area contributed by atoms with Crippen molar-refractivity contribution in [2.75, 3.05) is 27.7 Å². The zero-order valence-electron chi connectivity index (χ0n) is 20.8. The molecule has 0 bridgehead atoms. The van der Waals surface area contributed by atoms with Crippen LogP contribution < -0.4 is 16.0 Å². The Kier molecular flexibility index (Phi) is 12.4. The molecular weight excluding hydrogens is 537 g/mol. The summed E-state index contributed by atoms with van der Waals surface area (Å²) in [6.07, 6.45) is 7.55. The van der Waals surface area contributed by atoms with Gasteiger partial charge in [-0.25, -0.2) is 0 Å². The molecule has 1 fully saturated rings. The fraction of sp³-hybridized carbons (Fsp3) is 0.481. The van der Waals surface area contributed by atoms with E-state index in [1.54, 1.807) is 14.1 Å². The van der Waals surface area contributed by atoms with Gasteiger partial charge in [-0.05, 0) is 55.1 Å². The molecule has 0 radical (unpaired) electrons. The highest BCUT2D eigenvalue weighted by atomic mass is 127. The van der Waals surface area contributed by atoms with Crippen LogP contribution in [0.3, 0.4) is 0 Å². The van der Waals surface area contributed by atoms with E-state index < -0.39 is 0 Å². The van der Waals surface area contributed by atoms with Crippen LogP contribution >= 0.6 is 24.0 Å². The maximum Gasteiger partial charge on any atom is 0.251 e. The van der Waals surface area contributed by atoms with Crippen LogP contribution in [0.5, 0.6) is 0 Å². The molecule has 1 aliphatic rings. The van der Waals surface area contributed by atoms with Gasteiger partial charge >= 0.3 is 0 Å². The summed E-state index contributed by atoms with van der Waals surface area (Å²) in [5.41, 5.74) is 4.49. The number of hydrogen-bond acceptors (Lipinski definition) is 3. The van der Waals surface area contributed by atoms with Gasteiger partial charge in [0.25, 0.3) is 5.91 Å². The highest BCUT2D eigenvalue weighted by Crippen LogP contribution is 2.23. The second kappa shape index (κ2) is 15.0. The van der Waals surface area contributed by atoms with Gasteiger partial charge in [-0.3, -0.25) is 14.7 Å². The Balaban J connectivity index is 0.00000408. The molecule has 3 rings (SSSR count). The number of carbonyl (C=O) groups excluding carboxylic acids is 1. The molecular formula is C27H40IN5O. The predicted octanol–water partition coefficient (Wildman–Crippen LogP) is 4.34. The Morgan fingerprint density at radius 2 is 1.76 bits per heavy atom. The van der Waals surface area contributed by atoms with Gasteiger partial charge in [-0.2, -0.15) is 0 Å². The van der Waals surface area contributed by atoms with Gasteiger partial charge in [0.1, 0.15) is 0 Å². The Morgan fingerprint density at radius 1 is 1.03 bits per heavy atom. The minimum absolute atomic E-state index is 0. The molecule has 1 saturated carbocycles. The van der Waals surface area contributed by atoms with E-state index in [1.807, 2.05) is 24.3 Å². The molecule has 3 N–H and O–H groups in total. The summed E-state index contributed by atoms with van der Waals surface area (Å²) in [7, 11) is 5.71. The number of nitrogens with one attached hydrogen (secondary N) is 3. The molecule has 7 heteroatoms. The summed E-state index contributed by atoms with van der Waals surface area (Å²) < 4.78 is 0. The number of carbonyl (C=O) groups is 1. The van der Waals surface area contributed by atoms with E-state index in [2.05, 4.69) is 57.2 Å². The van der Waals surface area contributed by atoms with E-state index in [1.165, 1.54) is 43.2 Å². The molecule has 0 heterocycles. The molecule has 34 heavy (non-hydrogen) atoms. The van der Waals surface area contributed by atoms with Gasteiger partial charge in [-0.1, -0.05) is 55.7 Å². The molecule has 2 aromatic rings. The molecule has 2 aromatic carbocycles. The number of aliphatic imine (C=N–C) groups is 1. The van der Waals surface area contributed by atoms with Crippen LogP contribution in [0.2, 0.25) is 0 Å². The maximum absolute atomic E-state index is 11.8. The van der Waals surface area contributed by atoms with Crippen molar-refractivity contribution < 1.29 is 4.79 Å². The average molecular weight is 578 g/mol. The standard InChI is InChI=1S/C27H39N5O.HI/c1-28-26(33)22-13-9-10-21(18-22)16-17-30-27(29-2)31-19-23-11-7-8-12-24(23)20-32(3)25-14-5-4-6-15-25;/h7-13,18,25H,4-6,14-17,19-20H2,1-3H3,(H,28,33)(H2,29,30,31);1H. The van der Waals surface area contributed by atoms with Gasteiger partial charge in [0.15, 0.2) is 5.96 Å². The van der Waals surface area contributed by atoms with E-state index in [0.717, 1.165) is 37.6 Å². The quantitative estimate of drug-likeness (QED) is 0.236. The first-order valence-electron chi connectivity index (χ1n) is 12.1. The van der Waals surface area contributed by atoms with Gasteiger partial charge in [0.2, 0.25) is 0 Å². The molecule has 6 nitrogen and oxygen atoms in total. The highest BCUT2D eigenvalue weighted by Gasteiger charge is 2.18. The number of guanidine groups is 1. The number of rotatable bonds is 9. The third-order valence-corrected chi connectivity index (χ3v) is 6.53. The SMILES string of the molecule is CN=C(NCCc1cccc(C(=O)NC)c1)NCc1ccccc1CN(C)C1CCCCC1.I. The normalized spacial score (nSPS) is 14.4. The van der Waals surface area contributed by atoms with Crippen molar-refractivity contribution in [2.45, 2.75) is 57.7 Å². The van der Waals surface area contributed by atoms with Crippen LogP contribution in [0, 0.1) is 0 Å². The Hall–Kier alpha value is -2.13. The first kappa shape index (κ1) is 28.1. The molecule has 186 valence electrons. The van der Waals surface area contributed by atoms with Crippen molar-refractivity contribution in [3.63, 3.8) is 0 Å². The molecule has 0 unspecified atom stereocenters. The minimum Gasteiger partial charge on any atom is -0.356 e. The van der Waals surface area contributed by atoms with Crippen molar-refractivity contribution in [3.8, 4) is 0 Å². The monoisotopic (exact) mass is 577 g/mol. The fourth-order valence-corrected chi connectivity index (χ4v) is 4.54. The Morgan fingerprint density at radius 3 is 2.47 bits per heavy atom. The number of hydrogen-bond donors (Lipinski definition) is 3. The van der Waals surface area contributed by atoms with Gasteiger partial charge < -0.3 is 16.0 Å². The first-order valence-corrected chi connectivity index (χ1v) is 12.1. The lowest BCUT2D eigenvalue weighted by molar-refractivity contribution is 0.0963. The number of benzene rings is 2. The third kappa shape index (κ3) is 8.58. The molecule has 0 spiro atoms. The topological polar surface area (TPSA) is 68.8 Å². The second-order valence-corrected chi connectivity index (χ2v) is 8.86. The maximum atomic E-state index is 11.8. The van der Waals surface area contributed by atoms with E-state index >= 15 is 0 Å². The number of halogens is 1. The van der Waals surface area contributed by atoms with Crippen LogP contribution in [-0.2, 0) is 19.5 Å². The lowest BCUT2D eigenvalue weighted by Gasteiger charge is -2.31. The van der Waals surface area contributed by atoms with Crippen LogP contribution in [0.1, 0.15) is 59.2 Å². The molecule has 0 aliphatic heterocycles. The molecule has 1 amide bonds. The van der Waals surface area contributed by atoms with Crippen molar-refractivity contribution in [2.24, 2.45) is 4.99 Å². The average Bonchev–Trinajstić information content (AvgIpc) is 2.87. The lowest BCUT2D eigenvalue weighted by Crippen LogP contribution is -2.38. The number of amides is 1. The van der Waals surface area contributed by atoms with Gasteiger partial charge in [0, 0.05) is 45.3 Å². The van der Waals surface area contributed by atoms with Crippen molar-refractivity contribution in [3.05, 3.63) is 70.8 Å². The van der Waals surface area contributed by atoms with Crippen molar-refractivity contribution >= 4 is 35.8 Å². The summed E-state index contributed by atoms with van der Waals surface area (Å²) >= 11 is 0. The summed E-state index contributed by atoms with van der Waals surface area (Å²) in [5, 5.41) is 9.52. The van der Waals surface area contributed by atoms with E-state index in [4.69, 9.17) is 0 Å². The van der Waals surface area contributed by atoms with Crippen LogP contribution in [0.25, 0.3) is 0 Å². The fourth-order valence-electron chi connectivity index (χ4n) is 4.54. The largest absolute Gasteiger partial charge is 0.356 e. The second-order valence-electron chi connectivity index (χ2n) is 8.86. The molecule has 1 aliphatic carbocycles. The summed E-state index contributed by atoms with van der Waals surface area (Å²) in [4.78, 5) is 18.7. The summed E-state index contributed by atoms with van der Waals surface area (Å²) in [6, 6.07) is 17.1. The highest BCUT2D eigenvalue weighted by molar-refractivity contribution is 14.0. The molecule has 0 atom stereocenters. The van der Waals surface area contributed by atoms with Crippen LogP contribution in [0.4, 0.5) is 0 Å². The number of nitrogens with zero attached hydrogens (tertiary/aromatic N) is 2. The van der Waals surface area contributed by atoms with E-state index in [9.17, 15) is 4.79 Å². The van der Waals surface area contributed by atoms with Gasteiger partial charge in [-0.15, -0.1) is 24.0 Å². The van der Waals surface area contributed by atoms with Gasteiger partial charge in [0.05, 0.1) is 0 Å². The molecule has 0 saturated heterocycles. The Bertz CT molecular complexity index is 927. The predicted molar refractivity (Wildman–Crippen MR) is 152 cm³/mol. The summed E-state index contributed by atoms with van der Waals surface area (Å²) in [5.74, 6) is 0.725. The summed E-state index contributed by atoms with van der Waals surface area (Å²) in [6.45, 7) is 2.46. The van der Waals surface area contributed by atoms with Crippen molar-refractivity contribution in [1.82, 2.24) is 20.9 Å².